The van der Waals surface area contributed by atoms with Crippen molar-refractivity contribution >= 4 is 45.4 Å². The van der Waals surface area contributed by atoms with Gasteiger partial charge in [-0.05, 0) is 42.8 Å². The molecule has 0 aliphatic carbocycles. The van der Waals surface area contributed by atoms with Crippen LogP contribution in [0.1, 0.15) is 35.3 Å². The number of aliphatic imine (C=N–C) groups is 1. The molecule has 1 atom stereocenters. The summed E-state index contributed by atoms with van der Waals surface area (Å²) in [5, 5.41) is 5.30. The second-order valence-corrected chi connectivity index (χ2v) is 7.37. The fourth-order valence-electron chi connectivity index (χ4n) is 2.74. The third kappa shape index (κ3) is 8.09. The lowest BCUT2D eigenvalue weighted by molar-refractivity contribution is -0.143. The number of benzene rings is 2. The van der Waals surface area contributed by atoms with E-state index in [9.17, 15) is 14.4 Å². The molecule has 0 fully saturated rings. The summed E-state index contributed by atoms with van der Waals surface area (Å²) in [4.78, 5) is 40.7. The van der Waals surface area contributed by atoms with E-state index in [1.54, 1.807) is 43.3 Å². The molecule has 0 spiro atoms. The predicted molar refractivity (Wildman–Crippen MR) is 121 cm³/mol. The molecule has 0 heterocycles. The zero-order valence-corrected chi connectivity index (χ0v) is 18.5. The number of rotatable bonds is 9. The summed E-state index contributed by atoms with van der Waals surface area (Å²) in [5.41, 5.74) is 12.1. The Morgan fingerprint density at radius 2 is 1.87 bits per heavy atom. The minimum Gasteiger partial charge on any atom is -0.466 e. The second kappa shape index (κ2) is 11.7. The summed E-state index contributed by atoms with van der Waals surface area (Å²) in [7, 11) is 0. The van der Waals surface area contributed by atoms with E-state index in [-0.39, 0.29) is 25.5 Å². The Balaban J connectivity index is 2.02. The van der Waals surface area contributed by atoms with Gasteiger partial charge in [0.2, 0.25) is 5.91 Å². The molecule has 1 unspecified atom stereocenters. The number of hydrogen-bond acceptors (Lipinski definition) is 5. The molecule has 0 aliphatic rings. The van der Waals surface area contributed by atoms with Gasteiger partial charge >= 0.3 is 5.97 Å². The molecule has 0 saturated heterocycles. The third-order valence-corrected chi connectivity index (χ3v) is 4.53. The van der Waals surface area contributed by atoms with Crippen LogP contribution in [0.25, 0.3) is 0 Å². The smallest absolute Gasteiger partial charge is 0.308 e. The standard InChI is InChI=1S/C21H24BrN5O4/c1-2-31-19(29)11-17(13-5-3-7-15(22)9-13)27-18(28)12-25-20(30)14-6-4-8-16(10-14)26-21(23)24/h3-10,17H,2,11-12H2,1H3,(H,25,30)(H,27,28)(H4,23,24,26). The zero-order chi connectivity index (χ0) is 22.8. The van der Waals surface area contributed by atoms with Gasteiger partial charge in [-0.2, -0.15) is 0 Å². The number of carbonyl (C=O) groups is 3. The van der Waals surface area contributed by atoms with Crippen molar-refractivity contribution in [2.45, 2.75) is 19.4 Å². The lowest BCUT2D eigenvalue weighted by Crippen LogP contribution is -2.39. The average Bonchev–Trinajstić information content (AvgIpc) is 2.71. The predicted octanol–water partition coefficient (Wildman–Crippen LogP) is 1.89. The number of halogens is 1. The molecule has 2 amide bonds. The molecule has 164 valence electrons. The van der Waals surface area contributed by atoms with Crippen molar-refractivity contribution < 1.29 is 19.1 Å². The number of ether oxygens (including phenoxy) is 1. The topological polar surface area (TPSA) is 149 Å². The Morgan fingerprint density at radius 3 is 2.55 bits per heavy atom. The van der Waals surface area contributed by atoms with Crippen molar-refractivity contribution in [1.29, 1.82) is 0 Å². The van der Waals surface area contributed by atoms with Crippen molar-refractivity contribution in [2.24, 2.45) is 16.5 Å². The first kappa shape index (κ1) is 23.9. The number of nitrogens with one attached hydrogen (secondary N) is 2. The van der Waals surface area contributed by atoms with Crippen LogP contribution in [0, 0.1) is 0 Å². The van der Waals surface area contributed by atoms with Crippen molar-refractivity contribution in [1.82, 2.24) is 10.6 Å². The van der Waals surface area contributed by atoms with Crippen LogP contribution in [-0.4, -0.2) is 36.9 Å². The maximum Gasteiger partial charge on any atom is 0.308 e. The van der Waals surface area contributed by atoms with E-state index in [2.05, 4.69) is 31.6 Å². The molecule has 2 aromatic rings. The van der Waals surface area contributed by atoms with Gasteiger partial charge in [-0.1, -0.05) is 34.1 Å². The molecule has 0 radical (unpaired) electrons. The highest BCUT2D eigenvalue weighted by atomic mass is 79.9. The Bertz CT molecular complexity index is 976. The first-order valence-electron chi connectivity index (χ1n) is 9.46. The summed E-state index contributed by atoms with van der Waals surface area (Å²) < 4.78 is 5.81. The number of guanidine groups is 1. The minimum absolute atomic E-state index is 0.0372. The van der Waals surface area contributed by atoms with E-state index in [1.165, 1.54) is 6.07 Å². The van der Waals surface area contributed by atoms with Gasteiger partial charge in [-0.25, -0.2) is 4.99 Å². The number of nitrogens with zero attached hydrogens (tertiary/aromatic N) is 1. The SMILES string of the molecule is CCOC(=O)CC(NC(=O)CNC(=O)c1cccc(N=C(N)N)c1)c1cccc(Br)c1. The first-order chi connectivity index (χ1) is 14.8. The molecular formula is C21H24BrN5O4. The monoisotopic (exact) mass is 489 g/mol. The summed E-state index contributed by atoms with van der Waals surface area (Å²) in [6, 6.07) is 13.0. The minimum atomic E-state index is -0.605. The highest BCUT2D eigenvalue weighted by Gasteiger charge is 2.20. The summed E-state index contributed by atoms with van der Waals surface area (Å²) in [6.45, 7) is 1.67. The number of esters is 1. The molecule has 31 heavy (non-hydrogen) atoms. The first-order valence-corrected chi connectivity index (χ1v) is 10.3. The molecule has 0 aromatic heterocycles. The largest absolute Gasteiger partial charge is 0.466 e. The molecule has 2 aromatic carbocycles. The van der Waals surface area contributed by atoms with E-state index < -0.39 is 23.8 Å². The lowest BCUT2D eigenvalue weighted by Gasteiger charge is -2.19. The van der Waals surface area contributed by atoms with Crippen molar-refractivity contribution in [2.75, 3.05) is 13.2 Å². The Labute approximate surface area is 188 Å². The van der Waals surface area contributed by atoms with Crippen molar-refractivity contribution in [3.05, 3.63) is 64.1 Å². The second-order valence-electron chi connectivity index (χ2n) is 6.45. The summed E-state index contributed by atoms with van der Waals surface area (Å²) in [6.07, 6.45) is -0.0372. The highest BCUT2D eigenvalue weighted by Crippen LogP contribution is 2.21. The molecule has 0 aliphatic heterocycles. The summed E-state index contributed by atoms with van der Waals surface area (Å²) >= 11 is 3.38. The van der Waals surface area contributed by atoms with Gasteiger partial charge in [0.05, 0.1) is 31.3 Å². The Kier molecular flexibility index (Phi) is 9.01. The van der Waals surface area contributed by atoms with Gasteiger partial charge in [-0.15, -0.1) is 0 Å². The van der Waals surface area contributed by atoms with Crippen LogP contribution in [0.2, 0.25) is 0 Å². The molecule has 9 nitrogen and oxygen atoms in total. The maximum atomic E-state index is 12.5. The number of carbonyl (C=O) groups excluding carboxylic acids is 3. The van der Waals surface area contributed by atoms with Gasteiger partial charge in [0.25, 0.3) is 5.91 Å². The van der Waals surface area contributed by atoms with Crippen LogP contribution in [0.3, 0.4) is 0 Å². The summed E-state index contributed by atoms with van der Waals surface area (Å²) in [5.74, 6) is -1.49. The molecule has 6 N–H and O–H groups in total. The Morgan fingerprint density at radius 1 is 1.13 bits per heavy atom. The lowest BCUT2D eigenvalue weighted by atomic mass is 10.0. The van der Waals surface area contributed by atoms with Crippen LogP contribution in [0.4, 0.5) is 5.69 Å². The van der Waals surface area contributed by atoms with Crippen LogP contribution in [-0.2, 0) is 14.3 Å². The number of hydrogen-bond donors (Lipinski definition) is 4. The normalized spacial score (nSPS) is 11.2. The molecule has 2 rings (SSSR count). The van der Waals surface area contributed by atoms with Crippen LogP contribution in [0.15, 0.2) is 58.0 Å². The maximum absolute atomic E-state index is 12.5. The quantitative estimate of drug-likeness (QED) is 0.240. The number of amides is 2. The zero-order valence-electron chi connectivity index (χ0n) is 16.9. The van der Waals surface area contributed by atoms with Crippen molar-refractivity contribution in [3.63, 3.8) is 0 Å². The Hall–Kier alpha value is -3.40. The molecule has 0 saturated carbocycles. The average molecular weight is 490 g/mol. The fourth-order valence-corrected chi connectivity index (χ4v) is 3.15. The van der Waals surface area contributed by atoms with Gasteiger partial charge in [0.15, 0.2) is 5.96 Å². The molecule has 0 bridgehead atoms. The molecule has 10 heteroatoms. The van der Waals surface area contributed by atoms with Crippen LogP contribution in [0.5, 0.6) is 0 Å². The van der Waals surface area contributed by atoms with E-state index in [4.69, 9.17) is 16.2 Å². The van der Waals surface area contributed by atoms with E-state index >= 15 is 0 Å². The van der Waals surface area contributed by atoms with E-state index in [1.807, 2.05) is 6.07 Å². The van der Waals surface area contributed by atoms with E-state index in [0.717, 1.165) is 10.0 Å². The molecular weight excluding hydrogens is 466 g/mol. The van der Waals surface area contributed by atoms with E-state index in [0.29, 0.717) is 11.3 Å². The van der Waals surface area contributed by atoms with Gasteiger partial charge in [0.1, 0.15) is 0 Å². The van der Waals surface area contributed by atoms with Crippen LogP contribution < -0.4 is 22.1 Å². The number of nitrogens with two attached hydrogens (primary N) is 2. The highest BCUT2D eigenvalue weighted by molar-refractivity contribution is 9.10. The van der Waals surface area contributed by atoms with Crippen molar-refractivity contribution in [3.8, 4) is 0 Å². The fraction of sp³-hybridized carbons (Fsp3) is 0.238. The van der Waals surface area contributed by atoms with Gasteiger partial charge in [-0.3, -0.25) is 14.4 Å². The third-order valence-electron chi connectivity index (χ3n) is 4.04. The van der Waals surface area contributed by atoms with Crippen LogP contribution >= 0.6 is 15.9 Å². The van der Waals surface area contributed by atoms with Gasteiger partial charge in [0, 0.05) is 10.0 Å². The van der Waals surface area contributed by atoms with Gasteiger partial charge < -0.3 is 26.8 Å².